The second-order valence-electron chi connectivity index (χ2n) is 6.46. The highest BCUT2D eigenvalue weighted by Gasteiger charge is 2.58. The number of nitrogens with one attached hydrogen (secondary N) is 2. The van der Waals surface area contributed by atoms with Gasteiger partial charge in [-0.3, -0.25) is 9.59 Å². The number of hydrogen-bond donors (Lipinski definition) is 2. The molecule has 0 aliphatic carbocycles. The van der Waals surface area contributed by atoms with Crippen molar-refractivity contribution in [2.45, 2.75) is 38.9 Å². The van der Waals surface area contributed by atoms with Crippen LogP contribution in [0, 0.1) is 6.92 Å². The fourth-order valence-corrected chi connectivity index (χ4v) is 2.23. The predicted octanol–water partition coefficient (Wildman–Crippen LogP) is 3.64. The van der Waals surface area contributed by atoms with Gasteiger partial charge in [-0.2, -0.15) is 22.0 Å². The zero-order valence-electron chi connectivity index (χ0n) is 16.5. The number of amides is 2. The molecule has 31 heavy (non-hydrogen) atoms. The number of anilines is 1. The summed E-state index contributed by atoms with van der Waals surface area (Å²) in [6.07, 6.45) is -4.30. The molecule has 0 saturated heterocycles. The number of ether oxygens (including phenoxy) is 1. The molecule has 2 rings (SSSR count). The van der Waals surface area contributed by atoms with E-state index in [2.05, 4.69) is 25.3 Å². The molecule has 0 radical (unpaired) electrons. The van der Waals surface area contributed by atoms with Crippen LogP contribution < -0.4 is 15.4 Å². The Labute approximate surface area is 174 Å². The van der Waals surface area contributed by atoms with Crippen molar-refractivity contribution in [1.29, 1.82) is 0 Å². The molecule has 0 spiro atoms. The lowest BCUT2D eigenvalue weighted by molar-refractivity contribution is -0.290. The first kappa shape index (κ1) is 24.0. The smallest absolute Gasteiger partial charge is 0.456 e. The van der Waals surface area contributed by atoms with Gasteiger partial charge in [-0.15, -0.1) is 0 Å². The molecule has 0 unspecified atom stereocenters. The minimum atomic E-state index is -5.72. The maximum atomic E-state index is 12.9. The summed E-state index contributed by atoms with van der Waals surface area (Å²) in [4.78, 5) is 31.6. The number of rotatable bonds is 8. The molecule has 0 fully saturated rings. The summed E-state index contributed by atoms with van der Waals surface area (Å²) in [5, 5.41) is 5.17. The molecular weight excluding hydrogens is 427 g/mol. The van der Waals surface area contributed by atoms with Crippen LogP contribution in [0.15, 0.2) is 30.5 Å². The molecule has 0 atom stereocenters. The van der Waals surface area contributed by atoms with Crippen LogP contribution in [0.3, 0.4) is 0 Å². The third-order valence-corrected chi connectivity index (χ3v) is 3.87. The van der Waals surface area contributed by atoms with Crippen LogP contribution in [0.4, 0.5) is 27.8 Å². The van der Waals surface area contributed by atoms with Gasteiger partial charge in [0.15, 0.2) is 6.61 Å². The lowest BCUT2D eigenvalue weighted by atomic mass is 10.2. The van der Waals surface area contributed by atoms with Gasteiger partial charge in [0.2, 0.25) is 11.8 Å². The quantitative estimate of drug-likeness (QED) is 0.604. The molecule has 2 aromatic rings. The van der Waals surface area contributed by atoms with Gasteiger partial charge in [-0.25, -0.2) is 9.97 Å². The summed E-state index contributed by atoms with van der Waals surface area (Å²) in [6, 6.07) is 5.40. The summed E-state index contributed by atoms with van der Waals surface area (Å²) in [6.45, 7) is 1.44. The van der Waals surface area contributed by atoms with Gasteiger partial charge in [-0.05, 0) is 24.6 Å². The second kappa shape index (κ2) is 9.67. The van der Waals surface area contributed by atoms with Gasteiger partial charge < -0.3 is 15.4 Å². The molecule has 2 heterocycles. The van der Waals surface area contributed by atoms with Crippen molar-refractivity contribution in [3.8, 4) is 5.88 Å². The first-order valence-corrected chi connectivity index (χ1v) is 9.00. The number of nitrogens with zero attached hydrogens (tertiary/aromatic N) is 2. The number of carbonyl (C=O) groups excluding carboxylic acids is 2. The van der Waals surface area contributed by atoms with E-state index < -0.39 is 30.5 Å². The average Bonchev–Trinajstić information content (AvgIpc) is 2.69. The van der Waals surface area contributed by atoms with Crippen molar-refractivity contribution in [3.63, 3.8) is 0 Å². The monoisotopic (exact) mass is 446 g/mol. The predicted molar refractivity (Wildman–Crippen MR) is 99.8 cm³/mol. The molecule has 2 amide bonds. The van der Waals surface area contributed by atoms with Crippen LogP contribution in [0.25, 0.3) is 0 Å². The lowest BCUT2D eigenvalue weighted by Crippen LogP contribution is -2.41. The number of aromatic nitrogens is 2. The minimum absolute atomic E-state index is 0.00282. The first-order valence-electron chi connectivity index (χ1n) is 9.00. The van der Waals surface area contributed by atoms with Gasteiger partial charge in [0, 0.05) is 36.5 Å². The maximum absolute atomic E-state index is 12.9. The van der Waals surface area contributed by atoms with Crippen LogP contribution >= 0.6 is 0 Å². The van der Waals surface area contributed by atoms with Gasteiger partial charge in [0.05, 0.1) is 0 Å². The number of aryl methyl sites for hydroxylation is 1. The molecular formula is C19H19F5N4O3. The Morgan fingerprint density at radius 3 is 2.42 bits per heavy atom. The Hall–Kier alpha value is -3.31. The molecule has 12 heteroatoms. The molecule has 0 aromatic carbocycles. The third-order valence-electron chi connectivity index (χ3n) is 3.87. The zero-order chi connectivity index (χ0) is 23.2. The number of carbonyl (C=O) groups is 2. The fraction of sp³-hybridized carbons (Fsp3) is 0.368. The van der Waals surface area contributed by atoms with Crippen molar-refractivity contribution in [2.24, 2.45) is 0 Å². The fourth-order valence-electron chi connectivity index (χ4n) is 2.23. The first-order chi connectivity index (χ1) is 14.4. The molecule has 0 saturated carbocycles. The number of hydrogen-bond acceptors (Lipinski definition) is 5. The Bertz CT molecular complexity index is 933. The molecule has 0 bridgehead atoms. The number of alkyl halides is 5. The topological polar surface area (TPSA) is 93.2 Å². The van der Waals surface area contributed by atoms with E-state index in [0.717, 1.165) is 6.07 Å². The van der Waals surface area contributed by atoms with Crippen LogP contribution in [0.1, 0.15) is 35.0 Å². The van der Waals surface area contributed by atoms with Crippen molar-refractivity contribution in [2.75, 3.05) is 11.9 Å². The third kappa shape index (κ3) is 6.86. The summed E-state index contributed by atoms with van der Waals surface area (Å²) >= 11 is 0. The highest BCUT2D eigenvalue weighted by Crippen LogP contribution is 2.35. The summed E-state index contributed by atoms with van der Waals surface area (Å²) < 4.78 is 66.5. The SMILES string of the molecule is CCC(=O)Nc1cc(C(=O)NCc2ccc(OCC(F)(F)C(F)(F)F)nc2)cc(C)n1. The van der Waals surface area contributed by atoms with E-state index in [1.165, 1.54) is 24.4 Å². The average molecular weight is 446 g/mol. The van der Waals surface area contributed by atoms with Crippen LogP contribution in [-0.2, 0) is 11.3 Å². The van der Waals surface area contributed by atoms with Gasteiger partial charge in [0.1, 0.15) is 5.82 Å². The van der Waals surface area contributed by atoms with E-state index in [1.54, 1.807) is 13.8 Å². The van der Waals surface area contributed by atoms with Crippen LogP contribution in [0.2, 0.25) is 0 Å². The Kier molecular flexibility index (Phi) is 7.47. The van der Waals surface area contributed by atoms with E-state index in [-0.39, 0.29) is 30.3 Å². The van der Waals surface area contributed by atoms with E-state index in [9.17, 15) is 31.5 Å². The summed E-state index contributed by atoms with van der Waals surface area (Å²) in [5.41, 5.74) is 1.22. The van der Waals surface area contributed by atoms with E-state index >= 15 is 0 Å². The Balaban J connectivity index is 1.95. The van der Waals surface area contributed by atoms with Crippen LogP contribution in [-0.4, -0.2) is 40.5 Å². The summed E-state index contributed by atoms with van der Waals surface area (Å²) in [5.74, 6) is -5.91. The van der Waals surface area contributed by atoms with Gasteiger partial charge >= 0.3 is 12.1 Å². The second-order valence-corrected chi connectivity index (χ2v) is 6.46. The van der Waals surface area contributed by atoms with E-state index in [4.69, 9.17) is 0 Å². The highest BCUT2D eigenvalue weighted by atomic mass is 19.4. The number of halogens is 5. The van der Waals surface area contributed by atoms with Crippen molar-refractivity contribution in [3.05, 3.63) is 47.3 Å². The Morgan fingerprint density at radius 1 is 1.13 bits per heavy atom. The molecule has 2 aromatic heterocycles. The molecule has 0 aliphatic heterocycles. The van der Waals surface area contributed by atoms with E-state index in [0.29, 0.717) is 11.3 Å². The molecule has 168 valence electrons. The van der Waals surface area contributed by atoms with Crippen molar-refractivity contribution >= 4 is 17.6 Å². The standard InChI is InChI=1S/C19H19F5N4O3/c1-3-15(29)28-14-7-13(6-11(2)27-14)17(30)26-9-12-4-5-16(25-8-12)31-10-18(20,21)19(22,23)24/h4-8H,3,9-10H2,1-2H3,(H,26,30)(H,27,28,29). The zero-order valence-corrected chi connectivity index (χ0v) is 16.5. The normalized spacial score (nSPS) is 11.7. The van der Waals surface area contributed by atoms with Crippen LogP contribution in [0.5, 0.6) is 5.88 Å². The van der Waals surface area contributed by atoms with E-state index in [1.807, 2.05) is 0 Å². The molecule has 7 nitrogen and oxygen atoms in total. The minimum Gasteiger partial charge on any atom is -0.471 e. The highest BCUT2D eigenvalue weighted by molar-refractivity contribution is 5.96. The van der Waals surface area contributed by atoms with Crippen molar-refractivity contribution in [1.82, 2.24) is 15.3 Å². The Morgan fingerprint density at radius 2 is 1.84 bits per heavy atom. The van der Waals surface area contributed by atoms with Gasteiger partial charge in [-0.1, -0.05) is 13.0 Å². The molecule has 0 aliphatic rings. The molecule has 2 N–H and O–H groups in total. The lowest BCUT2D eigenvalue weighted by Gasteiger charge is -2.19. The van der Waals surface area contributed by atoms with Gasteiger partial charge in [0.25, 0.3) is 5.91 Å². The number of pyridine rings is 2. The maximum Gasteiger partial charge on any atom is 0.456 e. The van der Waals surface area contributed by atoms with Crippen molar-refractivity contribution < 1.29 is 36.3 Å². The largest absolute Gasteiger partial charge is 0.471 e. The summed E-state index contributed by atoms with van der Waals surface area (Å²) in [7, 11) is 0.